The Labute approximate surface area is 146 Å². The molecule has 1 aromatic carbocycles. The van der Waals surface area contributed by atoms with E-state index in [0.717, 1.165) is 50.8 Å². The second kappa shape index (κ2) is 7.16. The summed E-state index contributed by atoms with van der Waals surface area (Å²) in [6.45, 7) is 7.62. The van der Waals surface area contributed by atoms with Crippen molar-refractivity contribution in [2.75, 3.05) is 26.2 Å². The average molecular weight is 338 g/mol. The molecule has 0 spiro atoms. The van der Waals surface area contributed by atoms with E-state index in [1.165, 1.54) is 5.56 Å². The molecule has 7 nitrogen and oxygen atoms in total. The number of nitrogens with zero attached hydrogens (tertiary/aromatic N) is 6. The molecule has 0 saturated carbocycles. The molecular weight excluding hydrogens is 316 g/mol. The highest BCUT2D eigenvalue weighted by atomic mass is 16.5. The monoisotopic (exact) mass is 338 g/mol. The minimum Gasteiger partial charge on any atom is -0.340 e. The number of aryl methyl sites for hydroxylation is 1. The number of para-hydroxylation sites is 1. The van der Waals surface area contributed by atoms with E-state index in [1.807, 2.05) is 36.0 Å². The Morgan fingerprint density at radius 1 is 1.00 bits per heavy atom. The maximum Gasteiger partial charge on any atom is 0.223 e. The summed E-state index contributed by atoms with van der Waals surface area (Å²) in [5.41, 5.74) is 2.33. The fourth-order valence-corrected chi connectivity index (χ4v) is 3.13. The zero-order chi connectivity index (χ0) is 17.1. The van der Waals surface area contributed by atoms with Crippen LogP contribution in [-0.2, 0) is 13.1 Å². The van der Waals surface area contributed by atoms with Crippen LogP contribution < -0.4 is 0 Å². The summed E-state index contributed by atoms with van der Waals surface area (Å²) >= 11 is 0. The Morgan fingerprint density at radius 3 is 2.40 bits per heavy atom. The Kier molecular flexibility index (Phi) is 4.58. The highest BCUT2D eigenvalue weighted by Gasteiger charge is 2.19. The van der Waals surface area contributed by atoms with Gasteiger partial charge in [-0.2, -0.15) is 10.1 Å². The maximum absolute atomic E-state index is 5.04. The molecule has 0 unspecified atom stereocenters. The van der Waals surface area contributed by atoms with Gasteiger partial charge in [-0.1, -0.05) is 23.4 Å². The molecule has 130 valence electrons. The largest absolute Gasteiger partial charge is 0.340 e. The average Bonchev–Trinajstić information content (AvgIpc) is 3.27. The third kappa shape index (κ3) is 3.94. The van der Waals surface area contributed by atoms with Crippen LogP contribution >= 0.6 is 0 Å². The van der Waals surface area contributed by atoms with E-state index in [-0.39, 0.29) is 0 Å². The molecule has 3 heterocycles. The highest BCUT2D eigenvalue weighted by molar-refractivity contribution is 5.30. The van der Waals surface area contributed by atoms with E-state index < -0.39 is 0 Å². The zero-order valence-corrected chi connectivity index (χ0v) is 14.4. The van der Waals surface area contributed by atoms with Crippen molar-refractivity contribution in [3.05, 3.63) is 60.0 Å². The molecule has 0 radical (unpaired) electrons. The minimum absolute atomic E-state index is 0.629. The summed E-state index contributed by atoms with van der Waals surface area (Å²) in [5.74, 6) is 1.40. The molecule has 0 amide bonds. The number of hydrogen-bond acceptors (Lipinski definition) is 6. The summed E-state index contributed by atoms with van der Waals surface area (Å²) in [4.78, 5) is 9.11. The lowest BCUT2D eigenvalue weighted by Crippen LogP contribution is -2.45. The Morgan fingerprint density at radius 2 is 1.72 bits per heavy atom. The van der Waals surface area contributed by atoms with Gasteiger partial charge < -0.3 is 4.52 Å². The highest BCUT2D eigenvalue weighted by Crippen LogP contribution is 2.12. The van der Waals surface area contributed by atoms with Crippen LogP contribution in [0.1, 0.15) is 17.3 Å². The van der Waals surface area contributed by atoms with Gasteiger partial charge in [-0.15, -0.1) is 0 Å². The molecule has 0 bridgehead atoms. The molecule has 0 atom stereocenters. The van der Waals surface area contributed by atoms with E-state index in [4.69, 9.17) is 4.52 Å². The van der Waals surface area contributed by atoms with Crippen LogP contribution in [0.2, 0.25) is 0 Å². The lowest BCUT2D eigenvalue weighted by molar-refractivity contribution is 0.119. The van der Waals surface area contributed by atoms with E-state index in [1.54, 1.807) is 0 Å². The van der Waals surface area contributed by atoms with Gasteiger partial charge in [-0.05, 0) is 12.1 Å². The second-order valence-electron chi connectivity index (χ2n) is 6.41. The molecule has 1 fully saturated rings. The minimum atomic E-state index is 0.629. The Balaban J connectivity index is 1.29. The van der Waals surface area contributed by atoms with Gasteiger partial charge >= 0.3 is 0 Å². The van der Waals surface area contributed by atoms with Gasteiger partial charge in [0.15, 0.2) is 5.82 Å². The van der Waals surface area contributed by atoms with Crippen molar-refractivity contribution in [1.82, 2.24) is 29.7 Å². The molecule has 3 aromatic rings. The third-order valence-corrected chi connectivity index (χ3v) is 4.46. The summed E-state index contributed by atoms with van der Waals surface area (Å²) in [6.07, 6.45) is 4.07. The van der Waals surface area contributed by atoms with Gasteiger partial charge in [0.1, 0.15) is 0 Å². The zero-order valence-electron chi connectivity index (χ0n) is 14.4. The number of aromatic nitrogens is 4. The molecule has 7 heteroatoms. The lowest BCUT2D eigenvalue weighted by atomic mass is 10.2. The van der Waals surface area contributed by atoms with Crippen molar-refractivity contribution in [3.63, 3.8) is 0 Å². The second-order valence-corrected chi connectivity index (χ2v) is 6.41. The molecular formula is C18H22N6O. The number of rotatable bonds is 5. The summed E-state index contributed by atoms with van der Waals surface area (Å²) in [5, 5.41) is 8.45. The first-order chi connectivity index (χ1) is 12.3. The van der Waals surface area contributed by atoms with Crippen molar-refractivity contribution in [1.29, 1.82) is 0 Å². The predicted molar refractivity (Wildman–Crippen MR) is 93.2 cm³/mol. The van der Waals surface area contributed by atoms with Crippen molar-refractivity contribution in [3.8, 4) is 5.69 Å². The number of benzene rings is 1. The van der Waals surface area contributed by atoms with Gasteiger partial charge in [-0.3, -0.25) is 9.80 Å². The molecule has 0 aliphatic carbocycles. The number of piperazine rings is 1. The first-order valence-corrected chi connectivity index (χ1v) is 8.59. The van der Waals surface area contributed by atoms with Crippen LogP contribution in [0.3, 0.4) is 0 Å². The van der Waals surface area contributed by atoms with E-state index in [2.05, 4.69) is 43.4 Å². The molecule has 25 heavy (non-hydrogen) atoms. The van der Waals surface area contributed by atoms with E-state index in [0.29, 0.717) is 5.89 Å². The lowest BCUT2D eigenvalue weighted by Gasteiger charge is -2.33. The van der Waals surface area contributed by atoms with Crippen LogP contribution in [0, 0.1) is 6.92 Å². The van der Waals surface area contributed by atoms with E-state index in [9.17, 15) is 0 Å². The van der Waals surface area contributed by atoms with E-state index >= 15 is 0 Å². The van der Waals surface area contributed by atoms with Crippen LogP contribution in [0.25, 0.3) is 5.69 Å². The smallest absolute Gasteiger partial charge is 0.223 e. The Bertz CT molecular complexity index is 804. The molecule has 1 aliphatic heterocycles. The quantitative estimate of drug-likeness (QED) is 0.708. The van der Waals surface area contributed by atoms with Gasteiger partial charge in [0.25, 0.3) is 0 Å². The van der Waals surface area contributed by atoms with Crippen LogP contribution in [-0.4, -0.2) is 55.9 Å². The molecule has 2 aromatic heterocycles. The van der Waals surface area contributed by atoms with Gasteiger partial charge in [0.2, 0.25) is 5.89 Å². The first kappa shape index (κ1) is 16.0. The molecule has 0 N–H and O–H groups in total. The Hall–Kier alpha value is -2.51. The van der Waals surface area contributed by atoms with Crippen LogP contribution in [0.4, 0.5) is 0 Å². The van der Waals surface area contributed by atoms with Gasteiger partial charge in [0.05, 0.1) is 18.4 Å². The normalized spacial score (nSPS) is 16.4. The molecule has 4 rings (SSSR count). The summed E-state index contributed by atoms with van der Waals surface area (Å²) in [6, 6.07) is 10.2. The molecule has 1 saturated heterocycles. The van der Waals surface area contributed by atoms with Crippen molar-refractivity contribution in [2.45, 2.75) is 20.0 Å². The fourth-order valence-electron chi connectivity index (χ4n) is 3.13. The van der Waals surface area contributed by atoms with Gasteiger partial charge in [-0.25, -0.2) is 4.68 Å². The van der Waals surface area contributed by atoms with Crippen molar-refractivity contribution < 1.29 is 4.52 Å². The topological polar surface area (TPSA) is 63.2 Å². The molecule has 1 aliphatic rings. The van der Waals surface area contributed by atoms with Crippen molar-refractivity contribution in [2.24, 2.45) is 0 Å². The predicted octanol–water partition coefficient (Wildman–Crippen LogP) is 1.88. The van der Waals surface area contributed by atoms with Crippen molar-refractivity contribution >= 4 is 0 Å². The fraction of sp³-hybridized carbons (Fsp3) is 0.389. The summed E-state index contributed by atoms with van der Waals surface area (Å²) < 4.78 is 6.97. The van der Waals surface area contributed by atoms with Gasteiger partial charge in [0, 0.05) is 51.4 Å². The summed E-state index contributed by atoms with van der Waals surface area (Å²) in [7, 11) is 0. The van der Waals surface area contributed by atoms with Crippen LogP contribution in [0.15, 0.2) is 47.2 Å². The third-order valence-electron chi connectivity index (χ3n) is 4.46. The maximum atomic E-state index is 5.04. The van der Waals surface area contributed by atoms with Crippen LogP contribution in [0.5, 0.6) is 0 Å². The first-order valence-electron chi connectivity index (χ1n) is 8.59. The number of hydrogen-bond donors (Lipinski definition) is 0. The SMILES string of the molecule is Cc1nc(CN2CCN(Cc3cnn(-c4ccccc4)c3)CC2)no1. The standard InChI is InChI=1S/C18H22N6O/c1-15-20-18(21-25-15)14-23-9-7-22(8-10-23)12-16-11-19-24(13-16)17-5-3-2-4-6-17/h2-6,11,13H,7-10,12,14H2,1H3.